The van der Waals surface area contributed by atoms with E-state index in [2.05, 4.69) is 32.4 Å². The molecule has 216 valence electrons. The maximum atomic E-state index is 15.4. The van der Waals surface area contributed by atoms with Crippen LogP contribution in [0.5, 0.6) is 11.5 Å². The van der Waals surface area contributed by atoms with Gasteiger partial charge in [-0.25, -0.2) is 19.1 Å². The largest absolute Gasteiger partial charge is 0.506 e. The molecule has 0 spiro atoms. The molecule has 2 aromatic heterocycles. The number of rotatable bonds is 5. The van der Waals surface area contributed by atoms with Gasteiger partial charge in [-0.15, -0.1) is 0 Å². The van der Waals surface area contributed by atoms with Gasteiger partial charge in [-0.2, -0.15) is 0 Å². The summed E-state index contributed by atoms with van der Waals surface area (Å²) in [6.45, 7) is -0.334. The number of aromatic nitrogens is 2. The number of aliphatic hydroxyl groups excluding tert-OH is 1. The molecule has 0 aliphatic carbocycles. The third kappa shape index (κ3) is 5.01. The van der Waals surface area contributed by atoms with E-state index in [9.17, 15) is 24.2 Å². The zero-order valence-corrected chi connectivity index (χ0v) is 22.6. The van der Waals surface area contributed by atoms with Gasteiger partial charge in [0.15, 0.2) is 23.5 Å². The molecule has 4 N–H and O–H groups in total. The number of nitrogens with one attached hydrogen (secondary N) is 2. The van der Waals surface area contributed by atoms with Crippen molar-refractivity contribution in [1.29, 1.82) is 0 Å². The Balaban J connectivity index is 1.30. The van der Waals surface area contributed by atoms with Gasteiger partial charge in [-0.3, -0.25) is 14.6 Å². The van der Waals surface area contributed by atoms with Crippen LogP contribution < -0.4 is 15.4 Å². The van der Waals surface area contributed by atoms with E-state index in [1.165, 1.54) is 36.3 Å². The Bertz CT molecular complexity index is 1840. The quantitative estimate of drug-likeness (QED) is 0.263. The summed E-state index contributed by atoms with van der Waals surface area (Å²) in [5, 5.41) is 25.5. The molecule has 12 heteroatoms. The number of ether oxygens (including phenoxy) is 1. The van der Waals surface area contributed by atoms with E-state index in [4.69, 9.17) is 4.74 Å². The molecule has 1 saturated heterocycles. The van der Waals surface area contributed by atoms with Crippen LogP contribution in [-0.2, 0) is 11.3 Å². The summed E-state index contributed by atoms with van der Waals surface area (Å²) < 4.78 is 35.2. The smallest absolute Gasteiger partial charge is 0.257 e. The number of benzene rings is 2. The van der Waals surface area contributed by atoms with E-state index in [1.54, 1.807) is 36.7 Å². The molecule has 4 heterocycles. The summed E-state index contributed by atoms with van der Waals surface area (Å²) in [5.41, 5.74) is -0.158. The van der Waals surface area contributed by atoms with E-state index < -0.39 is 35.3 Å². The Morgan fingerprint density at radius 2 is 2.00 bits per heavy atom. The van der Waals surface area contributed by atoms with Crippen LogP contribution in [0.25, 0.3) is 22.5 Å². The molecule has 0 radical (unpaired) electrons. The van der Waals surface area contributed by atoms with Crippen molar-refractivity contribution in [2.45, 2.75) is 18.4 Å². The molecule has 2 amide bonds. The molecule has 43 heavy (non-hydrogen) atoms. The fourth-order valence-corrected chi connectivity index (χ4v) is 5.09. The van der Waals surface area contributed by atoms with Crippen molar-refractivity contribution in [2.24, 2.45) is 0 Å². The van der Waals surface area contributed by atoms with Crippen molar-refractivity contribution in [1.82, 2.24) is 25.5 Å². The third-order valence-corrected chi connectivity index (χ3v) is 7.22. The van der Waals surface area contributed by atoms with Crippen LogP contribution in [0.2, 0.25) is 0 Å². The highest BCUT2D eigenvalue weighted by molar-refractivity contribution is 6.00. The van der Waals surface area contributed by atoms with Gasteiger partial charge in [0.2, 0.25) is 0 Å². The van der Waals surface area contributed by atoms with Crippen LogP contribution in [0.15, 0.2) is 67.0 Å². The van der Waals surface area contributed by atoms with Crippen LogP contribution in [0.4, 0.5) is 8.78 Å². The van der Waals surface area contributed by atoms with Gasteiger partial charge in [-0.05, 0) is 54.1 Å². The number of nitrogens with zero attached hydrogens (tertiary/aromatic N) is 3. The lowest BCUT2D eigenvalue weighted by molar-refractivity contribution is -0.123. The summed E-state index contributed by atoms with van der Waals surface area (Å²) in [7, 11) is 1.29. The predicted molar refractivity (Wildman–Crippen MR) is 149 cm³/mol. The van der Waals surface area contributed by atoms with Crippen LogP contribution >= 0.6 is 0 Å². The second-order valence-electron chi connectivity index (χ2n) is 9.95. The topological polar surface area (TPSA) is 137 Å². The van der Waals surface area contributed by atoms with E-state index in [0.717, 1.165) is 6.07 Å². The van der Waals surface area contributed by atoms with Gasteiger partial charge in [0.25, 0.3) is 11.8 Å². The second-order valence-corrected chi connectivity index (χ2v) is 9.95. The first-order valence-corrected chi connectivity index (χ1v) is 13.0. The number of fused-ring (bicyclic) bond motifs is 1. The standard InChI is InChI=1S/C31H23F2N5O5/c1-43-24-9-5-19-15-38(28(40)25(19)26(24)33)16-31(29(41)36-30(42)37-31)11-10-17-4-6-20(21(32)13-17)27-23(39)8-7-22(35-27)18-3-2-12-34-14-18/h2-9,12-14,30,37,39,42H,15-16H2,1H3,(H,36,41)/t30?,31-/m1/s1. The van der Waals surface area contributed by atoms with Gasteiger partial charge < -0.3 is 25.2 Å². The van der Waals surface area contributed by atoms with E-state index in [-0.39, 0.29) is 47.0 Å². The Morgan fingerprint density at radius 3 is 2.70 bits per heavy atom. The summed E-state index contributed by atoms with van der Waals surface area (Å²) >= 11 is 0. The van der Waals surface area contributed by atoms with Gasteiger partial charge in [0, 0.05) is 35.6 Å². The lowest BCUT2D eigenvalue weighted by Crippen LogP contribution is -2.55. The molecule has 6 rings (SSSR count). The molecule has 10 nitrogen and oxygen atoms in total. The van der Waals surface area contributed by atoms with Gasteiger partial charge in [-0.1, -0.05) is 17.9 Å². The fourth-order valence-electron chi connectivity index (χ4n) is 5.09. The summed E-state index contributed by atoms with van der Waals surface area (Å²) in [6, 6.07) is 13.5. The van der Waals surface area contributed by atoms with Gasteiger partial charge in [0.05, 0.1) is 24.9 Å². The molecule has 2 aromatic carbocycles. The highest BCUT2D eigenvalue weighted by Crippen LogP contribution is 2.33. The summed E-state index contributed by atoms with van der Waals surface area (Å²) in [6.07, 6.45) is 1.75. The minimum absolute atomic E-state index is 0.00148. The molecule has 4 aromatic rings. The second kappa shape index (κ2) is 10.8. The van der Waals surface area contributed by atoms with Crippen molar-refractivity contribution in [2.75, 3.05) is 13.7 Å². The maximum absolute atomic E-state index is 15.4. The predicted octanol–water partition coefficient (Wildman–Crippen LogP) is 2.54. The zero-order valence-electron chi connectivity index (χ0n) is 22.6. The van der Waals surface area contributed by atoms with E-state index >= 15 is 4.39 Å². The minimum atomic E-state index is -1.79. The molecule has 0 saturated carbocycles. The number of amides is 2. The highest BCUT2D eigenvalue weighted by Gasteiger charge is 2.48. The summed E-state index contributed by atoms with van der Waals surface area (Å²) in [5.74, 6) is 2.25. The molecule has 1 unspecified atom stereocenters. The molecule has 2 aliphatic heterocycles. The Morgan fingerprint density at radius 1 is 1.16 bits per heavy atom. The molecule has 2 aliphatic rings. The number of hydrogen-bond acceptors (Lipinski definition) is 8. The minimum Gasteiger partial charge on any atom is -0.506 e. The lowest BCUT2D eigenvalue weighted by Gasteiger charge is -2.26. The first kappa shape index (κ1) is 27.8. The molecule has 2 atom stereocenters. The van der Waals surface area contributed by atoms with Crippen LogP contribution in [-0.4, -0.2) is 62.4 Å². The van der Waals surface area contributed by atoms with Crippen LogP contribution in [0, 0.1) is 23.5 Å². The molecular formula is C31H23F2N5O5. The van der Waals surface area contributed by atoms with Crippen LogP contribution in [0.3, 0.4) is 0 Å². The third-order valence-electron chi connectivity index (χ3n) is 7.22. The van der Waals surface area contributed by atoms with Crippen molar-refractivity contribution < 1.29 is 33.3 Å². The van der Waals surface area contributed by atoms with Crippen molar-refractivity contribution in [3.05, 3.63) is 95.3 Å². The van der Waals surface area contributed by atoms with Crippen molar-refractivity contribution in [3.8, 4) is 45.9 Å². The number of pyridine rings is 2. The average molecular weight is 584 g/mol. The zero-order chi connectivity index (χ0) is 30.3. The SMILES string of the molecule is COc1ccc2c(c1F)C(=O)N(C[C@@]1(C#Cc3ccc(-c4nc(-c5cccnc5)ccc4O)c(F)c3)NC(O)NC1=O)C2. The molecular weight excluding hydrogens is 560 g/mol. The maximum Gasteiger partial charge on any atom is 0.257 e. The van der Waals surface area contributed by atoms with Gasteiger partial charge in [0.1, 0.15) is 17.3 Å². The summed E-state index contributed by atoms with van der Waals surface area (Å²) in [4.78, 5) is 35.8. The highest BCUT2D eigenvalue weighted by atomic mass is 19.1. The molecule has 0 bridgehead atoms. The lowest BCUT2D eigenvalue weighted by atomic mass is 9.98. The van der Waals surface area contributed by atoms with Crippen molar-refractivity contribution >= 4 is 11.8 Å². The number of hydrogen-bond donors (Lipinski definition) is 4. The Labute approximate surface area is 244 Å². The Hall–Kier alpha value is -5.38. The Kier molecular flexibility index (Phi) is 6.97. The number of aliphatic hydroxyl groups is 1. The monoisotopic (exact) mass is 583 g/mol. The number of aromatic hydroxyl groups is 1. The fraction of sp³-hybridized carbons (Fsp3) is 0.161. The van der Waals surface area contributed by atoms with Crippen LogP contribution in [0.1, 0.15) is 21.5 Å². The first-order valence-electron chi connectivity index (χ1n) is 13.0. The normalized spacial score (nSPS) is 19.1. The molecule has 1 fully saturated rings. The van der Waals surface area contributed by atoms with E-state index in [1.807, 2.05) is 0 Å². The average Bonchev–Trinajstić information content (AvgIpc) is 3.47. The first-order chi connectivity index (χ1) is 20.7. The van der Waals surface area contributed by atoms with E-state index in [0.29, 0.717) is 16.8 Å². The number of carbonyl (C=O) groups is 2. The van der Waals surface area contributed by atoms with Gasteiger partial charge >= 0.3 is 0 Å². The number of methoxy groups -OCH3 is 1. The van der Waals surface area contributed by atoms with Crippen molar-refractivity contribution in [3.63, 3.8) is 0 Å². The number of carbonyl (C=O) groups excluding carboxylic acids is 2. The number of halogens is 2.